The Labute approximate surface area is 123 Å². The van der Waals surface area contributed by atoms with Gasteiger partial charge >= 0.3 is 0 Å². The van der Waals surface area contributed by atoms with Crippen LogP contribution in [0.4, 0.5) is 0 Å². The van der Waals surface area contributed by atoms with Gasteiger partial charge in [0.25, 0.3) is 5.91 Å². The smallest absolute Gasteiger partial charge is 0.254 e. The minimum atomic E-state index is -0.731. The van der Waals surface area contributed by atoms with Crippen molar-refractivity contribution in [2.75, 3.05) is 13.1 Å². The highest BCUT2D eigenvalue weighted by atomic mass is 16.3. The Morgan fingerprint density at radius 1 is 1.29 bits per heavy atom. The number of aromatic nitrogens is 2. The summed E-state index contributed by atoms with van der Waals surface area (Å²) in [6.07, 6.45) is 3.57. The zero-order valence-corrected chi connectivity index (χ0v) is 12.2. The number of carbonyl (C=O) groups is 1. The van der Waals surface area contributed by atoms with Crippen LogP contribution in [0.3, 0.4) is 0 Å². The van der Waals surface area contributed by atoms with E-state index in [1.807, 2.05) is 38.2 Å². The number of hydrogen-bond acceptors (Lipinski definition) is 3. The molecule has 0 atom stereocenters. The van der Waals surface area contributed by atoms with E-state index >= 15 is 0 Å². The topological polar surface area (TPSA) is 58.4 Å². The van der Waals surface area contributed by atoms with Gasteiger partial charge in [0.15, 0.2) is 0 Å². The van der Waals surface area contributed by atoms with E-state index in [1.165, 1.54) is 0 Å². The largest absolute Gasteiger partial charge is 0.386 e. The first-order valence-corrected chi connectivity index (χ1v) is 7.11. The molecule has 0 aliphatic carbocycles. The van der Waals surface area contributed by atoms with E-state index in [0.717, 1.165) is 5.69 Å². The van der Waals surface area contributed by atoms with Crippen LogP contribution in [0.2, 0.25) is 0 Å². The van der Waals surface area contributed by atoms with Crippen molar-refractivity contribution >= 4 is 5.91 Å². The number of aliphatic hydroxyl groups is 1. The van der Waals surface area contributed by atoms with E-state index < -0.39 is 5.60 Å². The maximum Gasteiger partial charge on any atom is 0.254 e. The molecule has 110 valence electrons. The van der Waals surface area contributed by atoms with Crippen molar-refractivity contribution in [3.05, 3.63) is 48.3 Å². The molecule has 3 rings (SSSR count). The van der Waals surface area contributed by atoms with Crippen molar-refractivity contribution in [3.8, 4) is 5.69 Å². The molecule has 1 aromatic carbocycles. The van der Waals surface area contributed by atoms with Crippen LogP contribution in [0, 0.1) is 5.92 Å². The molecule has 0 saturated carbocycles. The number of β-amino-alcohol motifs (C(OH)–C–C–N with tert-alkyl or cyclic N) is 1. The number of carbonyl (C=O) groups excluding carboxylic acids is 1. The summed E-state index contributed by atoms with van der Waals surface area (Å²) in [7, 11) is 0. The molecule has 0 bridgehead atoms. The van der Waals surface area contributed by atoms with Crippen molar-refractivity contribution in [3.63, 3.8) is 0 Å². The molecule has 1 N–H and O–H groups in total. The Morgan fingerprint density at radius 3 is 2.48 bits per heavy atom. The molecule has 1 aliphatic heterocycles. The van der Waals surface area contributed by atoms with Crippen LogP contribution >= 0.6 is 0 Å². The van der Waals surface area contributed by atoms with E-state index in [2.05, 4.69) is 5.10 Å². The number of nitrogens with zero attached hydrogens (tertiary/aromatic N) is 3. The van der Waals surface area contributed by atoms with Crippen molar-refractivity contribution in [2.24, 2.45) is 5.92 Å². The summed E-state index contributed by atoms with van der Waals surface area (Å²) in [5, 5.41) is 14.4. The third-order valence-electron chi connectivity index (χ3n) is 4.17. The van der Waals surface area contributed by atoms with Gasteiger partial charge in [-0.3, -0.25) is 4.79 Å². The molecule has 1 aliphatic rings. The lowest BCUT2D eigenvalue weighted by Crippen LogP contribution is -2.65. The van der Waals surface area contributed by atoms with E-state index in [4.69, 9.17) is 0 Å². The summed E-state index contributed by atoms with van der Waals surface area (Å²) < 4.78 is 1.75. The van der Waals surface area contributed by atoms with Crippen LogP contribution in [-0.4, -0.2) is 44.4 Å². The van der Waals surface area contributed by atoms with Crippen LogP contribution in [0.1, 0.15) is 24.2 Å². The average molecular weight is 285 g/mol. The third-order valence-corrected chi connectivity index (χ3v) is 4.17. The fourth-order valence-electron chi connectivity index (χ4n) is 2.48. The van der Waals surface area contributed by atoms with Crippen LogP contribution < -0.4 is 0 Å². The summed E-state index contributed by atoms with van der Waals surface area (Å²) >= 11 is 0. The molecular weight excluding hydrogens is 266 g/mol. The predicted molar refractivity (Wildman–Crippen MR) is 79.3 cm³/mol. The van der Waals surface area contributed by atoms with Crippen LogP contribution in [-0.2, 0) is 0 Å². The van der Waals surface area contributed by atoms with E-state index in [0.29, 0.717) is 18.7 Å². The fourth-order valence-corrected chi connectivity index (χ4v) is 2.48. The minimum absolute atomic E-state index is 0.0349. The Balaban J connectivity index is 1.70. The highest BCUT2D eigenvalue weighted by Crippen LogP contribution is 2.29. The number of hydrogen-bond donors (Lipinski definition) is 1. The predicted octanol–water partition coefficient (Wildman–Crippen LogP) is 1.72. The van der Waals surface area contributed by atoms with Crippen molar-refractivity contribution in [2.45, 2.75) is 19.4 Å². The second kappa shape index (κ2) is 5.00. The molecular formula is C16H19N3O2. The fraction of sp³-hybridized carbons (Fsp3) is 0.375. The van der Waals surface area contributed by atoms with Crippen molar-refractivity contribution in [1.29, 1.82) is 0 Å². The summed E-state index contributed by atoms with van der Waals surface area (Å²) in [6.45, 7) is 4.76. The summed E-state index contributed by atoms with van der Waals surface area (Å²) in [4.78, 5) is 14.0. The first-order chi connectivity index (χ1) is 9.99. The van der Waals surface area contributed by atoms with Crippen molar-refractivity contribution < 1.29 is 9.90 Å². The summed E-state index contributed by atoms with van der Waals surface area (Å²) in [5.41, 5.74) is 0.820. The Bertz CT molecular complexity index is 626. The van der Waals surface area contributed by atoms with Gasteiger partial charge in [0.1, 0.15) is 5.60 Å². The molecule has 2 aromatic rings. The molecule has 21 heavy (non-hydrogen) atoms. The zero-order chi connectivity index (χ0) is 15.0. The Morgan fingerprint density at radius 2 is 1.95 bits per heavy atom. The van der Waals surface area contributed by atoms with Gasteiger partial charge < -0.3 is 10.0 Å². The number of rotatable bonds is 3. The first-order valence-electron chi connectivity index (χ1n) is 7.11. The van der Waals surface area contributed by atoms with Gasteiger partial charge in [-0.1, -0.05) is 13.8 Å². The van der Waals surface area contributed by atoms with Gasteiger partial charge in [0.05, 0.1) is 18.8 Å². The standard InChI is InChI=1S/C16H19N3O2/c1-12(2)16(21)10-18(11-16)15(20)13-4-6-14(7-5-13)19-9-3-8-17-19/h3-9,12,21H,10-11H2,1-2H3. The molecule has 1 saturated heterocycles. The number of amides is 1. The third kappa shape index (κ3) is 2.45. The van der Waals surface area contributed by atoms with Gasteiger partial charge in [-0.05, 0) is 36.2 Å². The lowest BCUT2D eigenvalue weighted by molar-refractivity contribution is -0.110. The van der Waals surface area contributed by atoms with Crippen LogP contribution in [0.5, 0.6) is 0 Å². The van der Waals surface area contributed by atoms with E-state index in [9.17, 15) is 9.90 Å². The SMILES string of the molecule is CC(C)C1(O)CN(C(=O)c2ccc(-n3cccn3)cc2)C1. The number of benzene rings is 1. The molecule has 5 nitrogen and oxygen atoms in total. The van der Waals surface area contributed by atoms with E-state index in [-0.39, 0.29) is 11.8 Å². The molecule has 1 fully saturated rings. The first kappa shape index (κ1) is 13.8. The lowest BCUT2D eigenvalue weighted by Gasteiger charge is -2.49. The highest BCUT2D eigenvalue weighted by molar-refractivity contribution is 5.95. The van der Waals surface area contributed by atoms with Gasteiger partial charge in [0, 0.05) is 18.0 Å². The van der Waals surface area contributed by atoms with E-state index in [1.54, 1.807) is 27.9 Å². The second-order valence-electron chi connectivity index (χ2n) is 5.92. The molecule has 1 aromatic heterocycles. The minimum Gasteiger partial charge on any atom is -0.386 e. The number of likely N-dealkylation sites (tertiary alicyclic amines) is 1. The molecule has 5 heteroatoms. The molecule has 2 heterocycles. The maximum absolute atomic E-state index is 12.3. The van der Waals surface area contributed by atoms with Gasteiger partial charge in [-0.25, -0.2) is 4.68 Å². The second-order valence-corrected chi connectivity index (χ2v) is 5.92. The molecule has 1 amide bonds. The molecule has 0 radical (unpaired) electrons. The zero-order valence-electron chi connectivity index (χ0n) is 12.2. The maximum atomic E-state index is 12.3. The Hall–Kier alpha value is -2.14. The summed E-state index contributed by atoms with van der Waals surface area (Å²) in [6, 6.07) is 9.19. The quantitative estimate of drug-likeness (QED) is 0.934. The molecule has 0 spiro atoms. The average Bonchev–Trinajstić information content (AvgIpc) is 2.97. The Kier molecular flexibility index (Phi) is 3.29. The van der Waals surface area contributed by atoms with Gasteiger partial charge in [-0.2, -0.15) is 5.10 Å². The van der Waals surface area contributed by atoms with Crippen LogP contribution in [0.25, 0.3) is 5.69 Å². The van der Waals surface area contributed by atoms with Crippen molar-refractivity contribution in [1.82, 2.24) is 14.7 Å². The normalized spacial score (nSPS) is 16.9. The highest BCUT2D eigenvalue weighted by Gasteiger charge is 2.45. The van der Waals surface area contributed by atoms with Gasteiger partial charge in [0.2, 0.25) is 0 Å². The van der Waals surface area contributed by atoms with Gasteiger partial charge in [-0.15, -0.1) is 0 Å². The van der Waals surface area contributed by atoms with Crippen LogP contribution in [0.15, 0.2) is 42.7 Å². The lowest BCUT2D eigenvalue weighted by atomic mass is 9.82. The summed E-state index contributed by atoms with van der Waals surface area (Å²) in [5.74, 6) is 0.121. The monoisotopic (exact) mass is 285 g/mol. The molecule has 0 unspecified atom stereocenters.